The minimum absolute atomic E-state index is 0.359. The van der Waals surface area contributed by atoms with E-state index >= 15 is 0 Å². The number of hydrogen-bond acceptors (Lipinski definition) is 2. The third kappa shape index (κ3) is 3.19. The maximum absolute atomic E-state index is 11.0. The van der Waals surface area contributed by atoms with E-state index in [0.717, 1.165) is 3.57 Å². The van der Waals surface area contributed by atoms with Crippen molar-refractivity contribution in [2.45, 2.75) is 13.0 Å². The lowest BCUT2D eigenvalue weighted by atomic mass is 10.1. The number of carbonyl (C=O) groups is 2. The summed E-state index contributed by atoms with van der Waals surface area (Å²) in [4.78, 5) is 21.8. The van der Waals surface area contributed by atoms with Gasteiger partial charge in [-0.1, -0.05) is 18.2 Å². The van der Waals surface area contributed by atoms with Crippen molar-refractivity contribution < 1.29 is 14.7 Å². The first-order valence-electron chi connectivity index (χ1n) is 4.26. The Labute approximate surface area is 101 Å². The number of carboxylic acid groups (broad SMARTS) is 1. The summed E-state index contributed by atoms with van der Waals surface area (Å²) in [5, 5.41) is 11.4. The predicted molar refractivity (Wildman–Crippen MR) is 63.4 cm³/mol. The van der Waals surface area contributed by atoms with Crippen LogP contribution in [0.25, 0.3) is 0 Å². The van der Waals surface area contributed by atoms with Crippen molar-refractivity contribution in [1.82, 2.24) is 5.32 Å². The monoisotopic (exact) mass is 319 g/mol. The Balaban J connectivity index is 3.04. The number of aliphatic carboxylic acids is 1. The van der Waals surface area contributed by atoms with Crippen LogP contribution < -0.4 is 5.32 Å². The molecule has 0 aliphatic carbocycles. The molecule has 80 valence electrons. The molecule has 0 saturated heterocycles. The molecule has 0 fully saturated rings. The van der Waals surface area contributed by atoms with E-state index in [4.69, 9.17) is 5.11 Å². The molecule has 2 N–H and O–H groups in total. The Morgan fingerprint density at radius 2 is 2.00 bits per heavy atom. The highest BCUT2D eigenvalue weighted by Crippen LogP contribution is 2.19. The van der Waals surface area contributed by atoms with E-state index in [1.54, 1.807) is 18.2 Å². The first-order valence-corrected chi connectivity index (χ1v) is 5.34. The van der Waals surface area contributed by atoms with Gasteiger partial charge in [0, 0.05) is 10.5 Å². The van der Waals surface area contributed by atoms with Crippen LogP contribution in [0.15, 0.2) is 24.3 Å². The van der Waals surface area contributed by atoms with E-state index in [2.05, 4.69) is 5.32 Å². The number of benzene rings is 1. The Hall–Kier alpha value is -1.11. The lowest BCUT2D eigenvalue weighted by molar-refractivity contribution is -0.141. The number of amides is 1. The molecule has 4 nitrogen and oxygen atoms in total. The average molecular weight is 319 g/mol. The van der Waals surface area contributed by atoms with Crippen LogP contribution in [0.4, 0.5) is 0 Å². The van der Waals surface area contributed by atoms with Crippen LogP contribution in [0.1, 0.15) is 18.5 Å². The third-order valence-corrected chi connectivity index (χ3v) is 2.79. The molecule has 0 saturated carbocycles. The van der Waals surface area contributed by atoms with Crippen molar-refractivity contribution in [2.24, 2.45) is 0 Å². The second kappa shape index (κ2) is 5.11. The molecule has 0 bridgehead atoms. The summed E-state index contributed by atoms with van der Waals surface area (Å²) in [5.74, 6) is -1.42. The van der Waals surface area contributed by atoms with Crippen LogP contribution in [-0.2, 0) is 9.59 Å². The van der Waals surface area contributed by atoms with Crippen LogP contribution in [0, 0.1) is 3.57 Å². The van der Waals surface area contributed by atoms with Crippen LogP contribution in [0.5, 0.6) is 0 Å². The molecule has 1 aromatic rings. The number of hydrogen-bond donors (Lipinski definition) is 2. The van der Waals surface area contributed by atoms with E-state index in [-0.39, 0.29) is 5.91 Å². The molecule has 1 atom stereocenters. The molecule has 0 heterocycles. The topological polar surface area (TPSA) is 66.4 Å². The van der Waals surface area contributed by atoms with E-state index in [0.29, 0.717) is 5.56 Å². The van der Waals surface area contributed by atoms with Gasteiger partial charge in [-0.15, -0.1) is 0 Å². The van der Waals surface area contributed by atoms with Gasteiger partial charge in [0.2, 0.25) is 5.91 Å². The van der Waals surface area contributed by atoms with Crippen molar-refractivity contribution in [2.75, 3.05) is 0 Å². The lowest BCUT2D eigenvalue weighted by Crippen LogP contribution is -2.32. The summed E-state index contributed by atoms with van der Waals surface area (Å²) in [6, 6.07) is 6.08. The van der Waals surface area contributed by atoms with E-state index in [1.807, 2.05) is 28.7 Å². The van der Waals surface area contributed by atoms with Gasteiger partial charge >= 0.3 is 5.97 Å². The van der Waals surface area contributed by atoms with Gasteiger partial charge in [-0.25, -0.2) is 4.79 Å². The van der Waals surface area contributed by atoms with Gasteiger partial charge in [0.25, 0.3) is 0 Å². The van der Waals surface area contributed by atoms with Crippen LogP contribution in [0.3, 0.4) is 0 Å². The number of carboxylic acids is 1. The summed E-state index contributed by atoms with van der Waals surface area (Å²) in [6.07, 6.45) is 0. The van der Waals surface area contributed by atoms with Crippen molar-refractivity contribution >= 4 is 34.5 Å². The van der Waals surface area contributed by atoms with Crippen LogP contribution >= 0.6 is 22.6 Å². The van der Waals surface area contributed by atoms with Gasteiger partial charge in [-0.2, -0.15) is 0 Å². The number of halogens is 1. The highest BCUT2D eigenvalue weighted by Gasteiger charge is 2.22. The first kappa shape index (κ1) is 12.0. The molecule has 1 aromatic carbocycles. The van der Waals surface area contributed by atoms with Crippen molar-refractivity contribution in [3.63, 3.8) is 0 Å². The molecule has 15 heavy (non-hydrogen) atoms. The SMILES string of the molecule is CC(=O)NC(C(=O)O)c1ccccc1I. The normalized spacial score (nSPS) is 11.9. The van der Waals surface area contributed by atoms with Gasteiger partial charge in [0.15, 0.2) is 6.04 Å². The summed E-state index contributed by atoms with van der Waals surface area (Å²) in [6.45, 7) is 1.30. The van der Waals surface area contributed by atoms with E-state index in [9.17, 15) is 9.59 Å². The standard InChI is InChI=1S/C10H10INO3/c1-6(13)12-9(10(14)15)7-4-2-3-5-8(7)11/h2-5,9H,1H3,(H,12,13)(H,14,15). The lowest BCUT2D eigenvalue weighted by Gasteiger charge is -2.14. The van der Waals surface area contributed by atoms with Crippen LogP contribution in [-0.4, -0.2) is 17.0 Å². The van der Waals surface area contributed by atoms with E-state index < -0.39 is 12.0 Å². The second-order valence-electron chi connectivity index (χ2n) is 2.99. The fraction of sp³-hybridized carbons (Fsp3) is 0.200. The minimum atomic E-state index is -1.06. The van der Waals surface area contributed by atoms with Gasteiger partial charge < -0.3 is 10.4 Å². The fourth-order valence-electron chi connectivity index (χ4n) is 1.18. The summed E-state index contributed by atoms with van der Waals surface area (Å²) in [5.41, 5.74) is 0.598. The molecular formula is C10H10INO3. The summed E-state index contributed by atoms with van der Waals surface area (Å²) >= 11 is 2.04. The highest BCUT2D eigenvalue weighted by atomic mass is 127. The number of carbonyl (C=O) groups excluding carboxylic acids is 1. The number of nitrogens with one attached hydrogen (secondary N) is 1. The summed E-state index contributed by atoms with van der Waals surface area (Å²) in [7, 11) is 0. The highest BCUT2D eigenvalue weighted by molar-refractivity contribution is 14.1. The molecule has 0 aromatic heterocycles. The van der Waals surface area contributed by atoms with Gasteiger partial charge in [0.1, 0.15) is 0 Å². The Kier molecular flexibility index (Phi) is 4.07. The van der Waals surface area contributed by atoms with Gasteiger partial charge in [-0.05, 0) is 34.2 Å². The predicted octanol–water partition coefficient (Wildman–Crippen LogP) is 1.55. The minimum Gasteiger partial charge on any atom is -0.479 e. The average Bonchev–Trinajstić information content (AvgIpc) is 2.15. The smallest absolute Gasteiger partial charge is 0.330 e. The zero-order chi connectivity index (χ0) is 11.4. The molecule has 5 heteroatoms. The molecular weight excluding hydrogens is 309 g/mol. The Morgan fingerprint density at radius 1 is 1.40 bits per heavy atom. The molecule has 0 spiro atoms. The van der Waals surface area contributed by atoms with Crippen molar-refractivity contribution in [1.29, 1.82) is 0 Å². The fourth-order valence-corrected chi connectivity index (χ4v) is 1.88. The molecule has 1 amide bonds. The maximum atomic E-state index is 11.0. The zero-order valence-corrected chi connectivity index (χ0v) is 10.2. The third-order valence-electron chi connectivity index (χ3n) is 1.81. The quantitative estimate of drug-likeness (QED) is 0.831. The molecule has 0 aliphatic heterocycles. The summed E-state index contributed by atoms with van der Waals surface area (Å²) < 4.78 is 0.816. The van der Waals surface area contributed by atoms with Crippen molar-refractivity contribution in [3.8, 4) is 0 Å². The maximum Gasteiger partial charge on any atom is 0.330 e. The van der Waals surface area contributed by atoms with Gasteiger partial charge in [0.05, 0.1) is 0 Å². The van der Waals surface area contributed by atoms with Crippen LogP contribution in [0.2, 0.25) is 0 Å². The Bertz CT molecular complexity index is 392. The largest absolute Gasteiger partial charge is 0.479 e. The molecule has 0 aliphatic rings. The number of rotatable bonds is 3. The van der Waals surface area contributed by atoms with Crippen molar-refractivity contribution in [3.05, 3.63) is 33.4 Å². The molecule has 1 rings (SSSR count). The second-order valence-corrected chi connectivity index (χ2v) is 4.16. The Morgan fingerprint density at radius 3 is 2.47 bits per heavy atom. The molecule has 0 radical (unpaired) electrons. The first-order chi connectivity index (χ1) is 7.02. The van der Waals surface area contributed by atoms with E-state index in [1.165, 1.54) is 6.92 Å². The molecule has 1 unspecified atom stereocenters. The zero-order valence-electron chi connectivity index (χ0n) is 8.03. The van der Waals surface area contributed by atoms with Gasteiger partial charge in [-0.3, -0.25) is 4.79 Å².